The van der Waals surface area contributed by atoms with Crippen molar-refractivity contribution in [3.8, 4) is 5.75 Å². The molecule has 2 aromatic carbocycles. The molecule has 166 valence electrons. The summed E-state index contributed by atoms with van der Waals surface area (Å²) in [4.78, 5) is 4.32. The van der Waals surface area contributed by atoms with Crippen LogP contribution in [0.3, 0.4) is 0 Å². The first-order valence-electron chi connectivity index (χ1n) is 10.0. The van der Waals surface area contributed by atoms with E-state index in [2.05, 4.69) is 45.0 Å². The molecule has 0 bridgehead atoms. The predicted octanol–water partition coefficient (Wildman–Crippen LogP) is 4.15. The molecule has 2 N–H and O–H groups in total. The summed E-state index contributed by atoms with van der Waals surface area (Å²) in [6.07, 6.45) is 4.61. The number of ether oxygens (including phenoxy) is 2. The summed E-state index contributed by atoms with van der Waals surface area (Å²) in [5, 5.41) is 10.9. The lowest BCUT2D eigenvalue weighted by Gasteiger charge is -2.14. The third kappa shape index (κ3) is 8.58. The van der Waals surface area contributed by atoms with E-state index in [0.29, 0.717) is 25.7 Å². The summed E-state index contributed by atoms with van der Waals surface area (Å²) in [5.74, 6) is 1.52. The van der Waals surface area contributed by atoms with Gasteiger partial charge in [0.25, 0.3) is 0 Å². The van der Waals surface area contributed by atoms with Crippen LogP contribution < -0.4 is 15.4 Å². The van der Waals surface area contributed by atoms with E-state index in [0.717, 1.165) is 24.4 Å². The van der Waals surface area contributed by atoms with Gasteiger partial charge in [0.05, 0.1) is 13.2 Å². The molecule has 0 aliphatic carbocycles. The molecule has 0 fully saturated rings. The van der Waals surface area contributed by atoms with Crippen molar-refractivity contribution in [2.45, 2.75) is 19.5 Å². The van der Waals surface area contributed by atoms with Crippen molar-refractivity contribution in [3.63, 3.8) is 0 Å². The standard InChI is InChI=1S/C23H29N5O2.HI/c1-24-23(27-21-9-4-10-22(16-21)30-14-6-13-29-2)25-17-19-7-3-8-20(15-19)18-28-12-5-11-26-28;/h3-5,7-12,15-16H,6,13-14,17-18H2,1-2H3,(H2,24,25,27);1H. The number of benzene rings is 2. The van der Waals surface area contributed by atoms with Gasteiger partial charge in [-0.2, -0.15) is 5.10 Å². The van der Waals surface area contributed by atoms with Gasteiger partial charge in [0.15, 0.2) is 5.96 Å². The lowest BCUT2D eigenvalue weighted by Crippen LogP contribution is -2.30. The Bertz CT molecular complexity index is 931. The van der Waals surface area contributed by atoms with Crippen molar-refractivity contribution in [3.05, 3.63) is 78.1 Å². The van der Waals surface area contributed by atoms with E-state index in [9.17, 15) is 0 Å². The molecule has 3 aromatic rings. The number of aliphatic imine (C=N–C) groups is 1. The zero-order valence-corrected chi connectivity index (χ0v) is 20.3. The number of aromatic nitrogens is 2. The van der Waals surface area contributed by atoms with Crippen LogP contribution in [-0.4, -0.2) is 43.1 Å². The third-order valence-corrected chi connectivity index (χ3v) is 4.44. The number of hydrogen-bond donors (Lipinski definition) is 2. The second kappa shape index (κ2) is 13.7. The lowest BCUT2D eigenvalue weighted by molar-refractivity contribution is 0.172. The van der Waals surface area contributed by atoms with Crippen LogP contribution in [0.15, 0.2) is 72.0 Å². The van der Waals surface area contributed by atoms with Gasteiger partial charge < -0.3 is 20.1 Å². The topological polar surface area (TPSA) is 72.7 Å². The van der Waals surface area contributed by atoms with Crippen LogP contribution >= 0.6 is 24.0 Å². The number of rotatable bonds is 10. The molecule has 0 atom stereocenters. The molecule has 1 heterocycles. The smallest absolute Gasteiger partial charge is 0.195 e. The van der Waals surface area contributed by atoms with Crippen molar-refractivity contribution < 1.29 is 9.47 Å². The molecular weight excluding hydrogens is 505 g/mol. The number of halogens is 1. The van der Waals surface area contributed by atoms with Crippen LogP contribution in [0.25, 0.3) is 0 Å². The van der Waals surface area contributed by atoms with Gasteiger partial charge in [-0.1, -0.05) is 30.3 Å². The highest BCUT2D eigenvalue weighted by atomic mass is 127. The molecule has 0 aliphatic rings. The molecule has 0 radical (unpaired) electrons. The molecule has 31 heavy (non-hydrogen) atoms. The Labute approximate surface area is 200 Å². The molecule has 8 heteroatoms. The zero-order valence-electron chi connectivity index (χ0n) is 18.0. The highest BCUT2D eigenvalue weighted by Gasteiger charge is 2.03. The van der Waals surface area contributed by atoms with E-state index in [1.807, 2.05) is 41.2 Å². The number of methoxy groups -OCH3 is 1. The van der Waals surface area contributed by atoms with Gasteiger partial charge in [0.2, 0.25) is 0 Å². The minimum atomic E-state index is 0. The Morgan fingerprint density at radius 3 is 2.68 bits per heavy atom. The highest BCUT2D eigenvalue weighted by molar-refractivity contribution is 14.0. The van der Waals surface area contributed by atoms with Gasteiger partial charge >= 0.3 is 0 Å². The first-order chi connectivity index (χ1) is 14.8. The third-order valence-electron chi connectivity index (χ3n) is 4.44. The van der Waals surface area contributed by atoms with E-state index < -0.39 is 0 Å². The first kappa shape index (κ1) is 24.7. The zero-order chi connectivity index (χ0) is 21.0. The van der Waals surface area contributed by atoms with Crippen LogP contribution in [0.5, 0.6) is 5.75 Å². The molecule has 0 unspecified atom stereocenters. The van der Waals surface area contributed by atoms with Crippen molar-refractivity contribution in [1.82, 2.24) is 15.1 Å². The molecule has 3 rings (SSSR count). The Kier molecular flexibility index (Phi) is 10.9. The van der Waals surface area contributed by atoms with Gasteiger partial charge in [-0.25, -0.2) is 0 Å². The van der Waals surface area contributed by atoms with Gasteiger partial charge in [0, 0.05) is 57.9 Å². The van der Waals surface area contributed by atoms with E-state index >= 15 is 0 Å². The van der Waals surface area contributed by atoms with Crippen LogP contribution in [0.2, 0.25) is 0 Å². The first-order valence-corrected chi connectivity index (χ1v) is 10.0. The number of nitrogens with zero attached hydrogens (tertiary/aromatic N) is 3. The molecule has 0 amide bonds. The van der Waals surface area contributed by atoms with Crippen molar-refractivity contribution in [2.75, 3.05) is 32.7 Å². The van der Waals surface area contributed by atoms with E-state index in [1.54, 1.807) is 20.4 Å². The summed E-state index contributed by atoms with van der Waals surface area (Å²) in [7, 11) is 3.45. The minimum absolute atomic E-state index is 0. The summed E-state index contributed by atoms with van der Waals surface area (Å²) in [6, 6.07) is 18.2. The van der Waals surface area contributed by atoms with Gasteiger partial charge in [-0.3, -0.25) is 9.67 Å². The summed E-state index contributed by atoms with van der Waals surface area (Å²) in [6.45, 7) is 2.74. The SMILES string of the molecule is CN=C(NCc1cccc(Cn2cccn2)c1)Nc1cccc(OCCCOC)c1.I. The van der Waals surface area contributed by atoms with Gasteiger partial charge in [-0.15, -0.1) is 24.0 Å². The molecule has 0 spiro atoms. The Morgan fingerprint density at radius 1 is 1.06 bits per heavy atom. The highest BCUT2D eigenvalue weighted by Crippen LogP contribution is 2.17. The summed E-state index contributed by atoms with van der Waals surface area (Å²) >= 11 is 0. The Hall–Kier alpha value is -2.59. The monoisotopic (exact) mass is 535 g/mol. The van der Waals surface area contributed by atoms with Crippen LogP contribution in [0.1, 0.15) is 17.5 Å². The summed E-state index contributed by atoms with van der Waals surface area (Å²) in [5.41, 5.74) is 3.30. The molecule has 0 aliphatic heterocycles. The van der Waals surface area contributed by atoms with E-state index in [-0.39, 0.29) is 24.0 Å². The molecule has 7 nitrogen and oxygen atoms in total. The maximum absolute atomic E-state index is 5.76. The molecular formula is C23H30IN5O2. The maximum atomic E-state index is 5.76. The number of nitrogens with one attached hydrogen (secondary N) is 2. The van der Waals surface area contributed by atoms with Crippen LogP contribution in [-0.2, 0) is 17.8 Å². The fraction of sp³-hybridized carbons (Fsp3) is 0.304. The number of anilines is 1. The van der Waals surface area contributed by atoms with Crippen LogP contribution in [0, 0.1) is 0 Å². The second-order valence-corrected chi connectivity index (χ2v) is 6.80. The molecule has 0 saturated carbocycles. The second-order valence-electron chi connectivity index (χ2n) is 6.80. The Balaban J connectivity index is 0.00000341. The fourth-order valence-corrected chi connectivity index (χ4v) is 2.98. The average Bonchev–Trinajstić information content (AvgIpc) is 3.28. The van der Waals surface area contributed by atoms with Crippen molar-refractivity contribution in [2.24, 2.45) is 4.99 Å². The summed E-state index contributed by atoms with van der Waals surface area (Å²) < 4.78 is 12.7. The number of guanidine groups is 1. The van der Waals surface area contributed by atoms with Gasteiger partial charge in [-0.05, 0) is 29.3 Å². The lowest BCUT2D eigenvalue weighted by atomic mass is 10.1. The Morgan fingerprint density at radius 2 is 1.90 bits per heavy atom. The number of hydrogen-bond acceptors (Lipinski definition) is 4. The predicted molar refractivity (Wildman–Crippen MR) is 135 cm³/mol. The molecule has 1 aromatic heterocycles. The minimum Gasteiger partial charge on any atom is -0.493 e. The molecule has 0 saturated heterocycles. The van der Waals surface area contributed by atoms with E-state index in [4.69, 9.17) is 9.47 Å². The van der Waals surface area contributed by atoms with Crippen LogP contribution in [0.4, 0.5) is 5.69 Å². The quantitative estimate of drug-likeness (QED) is 0.177. The maximum Gasteiger partial charge on any atom is 0.195 e. The normalized spacial score (nSPS) is 11.0. The van der Waals surface area contributed by atoms with E-state index in [1.165, 1.54) is 11.1 Å². The fourth-order valence-electron chi connectivity index (χ4n) is 2.98. The van der Waals surface area contributed by atoms with Gasteiger partial charge in [0.1, 0.15) is 5.75 Å². The average molecular weight is 535 g/mol. The largest absolute Gasteiger partial charge is 0.493 e. The van der Waals surface area contributed by atoms with Crippen molar-refractivity contribution >= 4 is 35.6 Å². The van der Waals surface area contributed by atoms with Crippen molar-refractivity contribution in [1.29, 1.82) is 0 Å².